The highest BCUT2D eigenvalue weighted by molar-refractivity contribution is 8.00. The number of carbonyl (C=O) groups excluding carboxylic acids is 1. The van der Waals surface area contributed by atoms with E-state index in [4.69, 9.17) is 0 Å². The Balaban J connectivity index is 1.88. The van der Waals surface area contributed by atoms with Crippen LogP contribution in [0.2, 0.25) is 0 Å². The minimum atomic E-state index is -0.555. The minimum absolute atomic E-state index is 0.108. The molecule has 0 fully saturated rings. The SMILES string of the molecule is CCCCn1c(S[C@@H](C)C(=O)Nc2ccccc2F)nc2ccccc2c1=O. The van der Waals surface area contributed by atoms with Crippen LogP contribution >= 0.6 is 11.8 Å². The molecule has 1 aromatic heterocycles. The second-order valence-corrected chi connectivity index (χ2v) is 7.76. The largest absolute Gasteiger partial charge is 0.323 e. The van der Waals surface area contributed by atoms with E-state index in [0.29, 0.717) is 22.6 Å². The zero-order chi connectivity index (χ0) is 20.1. The molecule has 146 valence electrons. The first-order valence-corrected chi connectivity index (χ1v) is 10.1. The van der Waals surface area contributed by atoms with Gasteiger partial charge in [-0.1, -0.05) is 49.4 Å². The Kier molecular flexibility index (Phi) is 6.46. The number of nitrogens with zero attached hydrogens (tertiary/aromatic N) is 2. The number of para-hydroxylation sites is 2. The van der Waals surface area contributed by atoms with Gasteiger partial charge in [0.2, 0.25) is 5.91 Å². The van der Waals surface area contributed by atoms with Crippen LogP contribution in [0.15, 0.2) is 58.5 Å². The van der Waals surface area contributed by atoms with Crippen LogP contribution < -0.4 is 10.9 Å². The Labute approximate surface area is 167 Å². The minimum Gasteiger partial charge on any atom is -0.323 e. The third-order valence-electron chi connectivity index (χ3n) is 4.35. The summed E-state index contributed by atoms with van der Waals surface area (Å²) in [5.41, 5.74) is 0.627. The van der Waals surface area contributed by atoms with E-state index >= 15 is 0 Å². The number of rotatable bonds is 7. The van der Waals surface area contributed by atoms with Crippen LogP contribution in [0.5, 0.6) is 0 Å². The van der Waals surface area contributed by atoms with Gasteiger partial charge in [0.1, 0.15) is 5.82 Å². The standard InChI is InChI=1S/C21H22FN3O2S/c1-3-4-13-25-20(27)15-9-5-7-11-17(15)24-21(25)28-14(2)19(26)23-18-12-8-6-10-16(18)22/h5-12,14H,3-4,13H2,1-2H3,(H,23,26)/t14-/m0/s1. The molecule has 3 rings (SSSR count). The fourth-order valence-corrected chi connectivity index (χ4v) is 3.69. The lowest BCUT2D eigenvalue weighted by molar-refractivity contribution is -0.115. The zero-order valence-electron chi connectivity index (χ0n) is 15.8. The number of hydrogen-bond donors (Lipinski definition) is 1. The lowest BCUT2D eigenvalue weighted by Crippen LogP contribution is -2.27. The molecule has 0 aliphatic rings. The van der Waals surface area contributed by atoms with E-state index in [1.165, 1.54) is 23.9 Å². The maximum Gasteiger partial charge on any atom is 0.262 e. The number of thioether (sulfide) groups is 1. The molecule has 28 heavy (non-hydrogen) atoms. The monoisotopic (exact) mass is 399 g/mol. The third-order valence-corrected chi connectivity index (χ3v) is 5.44. The second-order valence-electron chi connectivity index (χ2n) is 6.45. The molecule has 1 heterocycles. The van der Waals surface area contributed by atoms with Crippen LogP contribution in [0.3, 0.4) is 0 Å². The summed E-state index contributed by atoms with van der Waals surface area (Å²) in [5, 5.41) is 3.09. The van der Waals surface area contributed by atoms with Crippen molar-refractivity contribution >= 4 is 34.3 Å². The molecule has 5 nitrogen and oxygen atoms in total. The number of hydrogen-bond acceptors (Lipinski definition) is 4. The number of fused-ring (bicyclic) bond motifs is 1. The summed E-state index contributed by atoms with van der Waals surface area (Å²) < 4.78 is 15.4. The van der Waals surface area contributed by atoms with Crippen molar-refractivity contribution in [2.24, 2.45) is 0 Å². The van der Waals surface area contributed by atoms with Gasteiger partial charge in [0.15, 0.2) is 5.16 Å². The van der Waals surface area contributed by atoms with Gasteiger partial charge in [0.05, 0.1) is 21.8 Å². The smallest absolute Gasteiger partial charge is 0.262 e. The topological polar surface area (TPSA) is 64.0 Å². The van der Waals surface area contributed by atoms with Crippen molar-refractivity contribution < 1.29 is 9.18 Å². The van der Waals surface area contributed by atoms with E-state index in [0.717, 1.165) is 12.8 Å². The highest BCUT2D eigenvalue weighted by Gasteiger charge is 2.20. The van der Waals surface area contributed by atoms with Gasteiger partial charge in [-0.3, -0.25) is 14.2 Å². The summed E-state index contributed by atoms with van der Waals surface area (Å²) in [6.07, 6.45) is 1.77. The predicted molar refractivity (Wildman–Crippen MR) is 111 cm³/mol. The first-order valence-electron chi connectivity index (χ1n) is 9.23. The first kappa shape index (κ1) is 20.1. The van der Waals surface area contributed by atoms with Gasteiger partial charge >= 0.3 is 0 Å². The molecule has 0 saturated carbocycles. The van der Waals surface area contributed by atoms with Gasteiger partial charge in [-0.2, -0.15) is 0 Å². The maximum absolute atomic E-state index is 13.8. The molecule has 1 amide bonds. The highest BCUT2D eigenvalue weighted by Crippen LogP contribution is 2.24. The molecule has 0 saturated heterocycles. The summed E-state index contributed by atoms with van der Waals surface area (Å²) in [6, 6.07) is 13.2. The molecule has 0 aliphatic carbocycles. The van der Waals surface area contributed by atoms with E-state index in [9.17, 15) is 14.0 Å². The van der Waals surface area contributed by atoms with Gasteiger partial charge in [-0.25, -0.2) is 9.37 Å². The fourth-order valence-electron chi connectivity index (χ4n) is 2.76. The molecule has 3 aromatic rings. The van der Waals surface area contributed by atoms with Crippen molar-refractivity contribution in [2.75, 3.05) is 5.32 Å². The average Bonchev–Trinajstić information content (AvgIpc) is 2.69. The van der Waals surface area contributed by atoms with E-state index in [1.807, 2.05) is 12.1 Å². The molecule has 0 aliphatic heterocycles. The fraction of sp³-hybridized carbons (Fsp3) is 0.286. The quantitative estimate of drug-likeness (QED) is 0.471. The number of nitrogens with one attached hydrogen (secondary N) is 1. The van der Waals surface area contributed by atoms with Gasteiger partial charge in [0.25, 0.3) is 5.56 Å². The maximum atomic E-state index is 13.8. The van der Waals surface area contributed by atoms with Crippen LogP contribution in [0.1, 0.15) is 26.7 Å². The summed E-state index contributed by atoms with van der Waals surface area (Å²) in [5.74, 6) is -0.837. The highest BCUT2D eigenvalue weighted by atomic mass is 32.2. The molecular formula is C21H22FN3O2S. The van der Waals surface area contributed by atoms with Crippen molar-refractivity contribution in [3.8, 4) is 0 Å². The number of amides is 1. The van der Waals surface area contributed by atoms with Gasteiger partial charge in [0, 0.05) is 6.54 Å². The number of benzene rings is 2. The van der Waals surface area contributed by atoms with E-state index in [1.54, 1.807) is 35.8 Å². The summed E-state index contributed by atoms with van der Waals surface area (Å²) in [6.45, 7) is 4.31. The van der Waals surface area contributed by atoms with Crippen LogP contribution in [0, 0.1) is 5.82 Å². The number of aromatic nitrogens is 2. The van der Waals surface area contributed by atoms with Crippen molar-refractivity contribution in [2.45, 2.75) is 43.6 Å². The summed E-state index contributed by atoms with van der Waals surface area (Å²) >= 11 is 1.20. The summed E-state index contributed by atoms with van der Waals surface area (Å²) in [4.78, 5) is 30.0. The van der Waals surface area contributed by atoms with Crippen LogP contribution in [0.4, 0.5) is 10.1 Å². The molecule has 0 spiro atoms. The van der Waals surface area contributed by atoms with Crippen LogP contribution in [-0.2, 0) is 11.3 Å². The number of carbonyl (C=O) groups is 1. The van der Waals surface area contributed by atoms with Crippen molar-refractivity contribution in [1.82, 2.24) is 9.55 Å². The molecule has 0 radical (unpaired) electrons. The normalized spacial score (nSPS) is 12.1. The average molecular weight is 399 g/mol. The molecule has 0 unspecified atom stereocenters. The third kappa shape index (κ3) is 4.42. The molecule has 7 heteroatoms. The van der Waals surface area contributed by atoms with E-state index < -0.39 is 11.1 Å². The molecule has 1 atom stereocenters. The number of halogens is 1. The lowest BCUT2D eigenvalue weighted by Gasteiger charge is -2.16. The van der Waals surface area contributed by atoms with Gasteiger partial charge in [-0.15, -0.1) is 0 Å². The molecule has 1 N–H and O–H groups in total. The zero-order valence-corrected chi connectivity index (χ0v) is 16.6. The second kappa shape index (κ2) is 9.01. The Morgan fingerprint density at radius 3 is 2.68 bits per heavy atom. The first-order chi connectivity index (χ1) is 13.5. The molecular weight excluding hydrogens is 377 g/mol. The number of anilines is 1. The van der Waals surface area contributed by atoms with E-state index in [2.05, 4.69) is 17.2 Å². The van der Waals surface area contributed by atoms with E-state index in [-0.39, 0.29) is 17.2 Å². The van der Waals surface area contributed by atoms with Gasteiger partial charge < -0.3 is 5.32 Å². The van der Waals surface area contributed by atoms with Crippen LogP contribution in [0.25, 0.3) is 10.9 Å². The van der Waals surface area contributed by atoms with Crippen molar-refractivity contribution in [3.05, 3.63) is 64.7 Å². The lowest BCUT2D eigenvalue weighted by atomic mass is 10.2. The van der Waals surface area contributed by atoms with Crippen LogP contribution in [-0.4, -0.2) is 20.7 Å². The van der Waals surface area contributed by atoms with Crippen molar-refractivity contribution in [3.63, 3.8) is 0 Å². The van der Waals surface area contributed by atoms with Gasteiger partial charge in [-0.05, 0) is 37.6 Å². The molecule has 2 aromatic carbocycles. The Morgan fingerprint density at radius 1 is 1.21 bits per heavy atom. The predicted octanol–water partition coefficient (Wildman–Crippen LogP) is 4.46. The number of unbranched alkanes of at least 4 members (excludes halogenated alkanes) is 1. The van der Waals surface area contributed by atoms with Crippen molar-refractivity contribution in [1.29, 1.82) is 0 Å². The summed E-state index contributed by atoms with van der Waals surface area (Å²) in [7, 11) is 0. The Bertz CT molecular complexity index is 1050. The Morgan fingerprint density at radius 2 is 1.93 bits per heavy atom. The molecule has 0 bridgehead atoms. The Hall–Kier alpha value is -2.67.